The first-order valence-electron chi connectivity index (χ1n) is 4.78. The number of phenolic OH excluding ortho intramolecular Hbond substituents is 1. The van der Waals surface area contributed by atoms with Crippen LogP contribution >= 0.6 is 0 Å². The molecule has 0 aliphatic heterocycles. The number of aryl methyl sites for hydroxylation is 2. The van der Waals surface area contributed by atoms with Gasteiger partial charge in [0.25, 0.3) is 0 Å². The SMILES string of the molecule is Cc1cc(C)c(C(=O)C(C)C)c(O)c1. The van der Waals surface area contributed by atoms with Crippen LogP contribution in [0.25, 0.3) is 0 Å². The van der Waals surface area contributed by atoms with E-state index in [2.05, 4.69) is 0 Å². The molecule has 0 saturated heterocycles. The van der Waals surface area contributed by atoms with Gasteiger partial charge in [-0.25, -0.2) is 0 Å². The minimum Gasteiger partial charge on any atom is -0.507 e. The van der Waals surface area contributed by atoms with Crippen molar-refractivity contribution in [1.82, 2.24) is 0 Å². The molecule has 76 valence electrons. The molecule has 2 nitrogen and oxygen atoms in total. The van der Waals surface area contributed by atoms with Gasteiger partial charge in [-0.1, -0.05) is 19.9 Å². The van der Waals surface area contributed by atoms with Crippen molar-refractivity contribution in [3.63, 3.8) is 0 Å². The zero-order valence-electron chi connectivity index (χ0n) is 9.09. The molecule has 0 bridgehead atoms. The van der Waals surface area contributed by atoms with E-state index < -0.39 is 0 Å². The summed E-state index contributed by atoms with van der Waals surface area (Å²) in [5, 5.41) is 9.67. The number of ketones is 1. The van der Waals surface area contributed by atoms with Gasteiger partial charge >= 0.3 is 0 Å². The van der Waals surface area contributed by atoms with E-state index in [-0.39, 0.29) is 17.5 Å². The summed E-state index contributed by atoms with van der Waals surface area (Å²) in [5.74, 6) is 0.0171. The molecule has 0 unspecified atom stereocenters. The number of aromatic hydroxyl groups is 1. The van der Waals surface area contributed by atoms with E-state index in [9.17, 15) is 9.90 Å². The average molecular weight is 192 g/mol. The van der Waals surface area contributed by atoms with Crippen LogP contribution in [0.1, 0.15) is 35.3 Å². The van der Waals surface area contributed by atoms with Crippen LogP contribution in [0.15, 0.2) is 12.1 Å². The number of carbonyl (C=O) groups is 1. The van der Waals surface area contributed by atoms with Crippen molar-refractivity contribution in [2.45, 2.75) is 27.7 Å². The third-order valence-electron chi connectivity index (χ3n) is 2.23. The van der Waals surface area contributed by atoms with Gasteiger partial charge in [0.1, 0.15) is 5.75 Å². The van der Waals surface area contributed by atoms with E-state index in [1.54, 1.807) is 6.07 Å². The maximum Gasteiger partial charge on any atom is 0.169 e. The molecular weight excluding hydrogens is 176 g/mol. The lowest BCUT2D eigenvalue weighted by molar-refractivity contribution is 0.0936. The summed E-state index contributed by atoms with van der Waals surface area (Å²) in [7, 11) is 0. The predicted molar refractivity (Wildman–Crippen MR) is 56.7 cm³/mol. The number of hydrogen-bond donors (Lipinski definition) is 1. The highest BCUT2D eigenvalue weighted by molar-refractivity contribution is 6.01. The molecule has 2 heteroatoms. The first-order chi connectivity index (χ1) is 6.43. The van der Waals surface area contributed by atoms with Gasteiger partial charge in [-0.05, 0) is 31.0 Å². The number of carbonyl (C=O) groups excluding carboxylic acids is 1. The molecule has 1 aromatic rings. The normalized spacial score (nSPS) is 10.6. The van der Waals surface area contributed by atoms with Gasteiger partial charge in [0.15, 0.2) is 5.78 Å². The van der Waals surface area contributed by atoms with Gasteiger partial charge in [0.2, 0.25) is 0 Å². The molecule has 1 rings (SSSR count). The molecule has 0 atom stereocenters. The Morgan fingerprint density at radius 1 is 1.29 bits per heavy atom. The van der Waals surface area contributed by atoms with Crippen molar-refractivity contribution < 1.29 is 9.90 Å². The molecule has 0 aromatic heterocycles. The van der Waals surface area contributed by atoms with Crippen molar-refractivity contribution >= 4 is 5.78 Å². The lowest BCUT2D eigenvalue weighted by atomic mass is 9.95. The van der Waals surface area contributed by atoms with E-state index in [0.29, 0.717) is 5.56 Å². The molecule has 1 aromatic carbocycles. The Morgan fingerprint density at radius 3 is 2.29 bits per heavy atom. The number of phenols is 1. The van der Waals surface area contributed by atoms with E-state index in [0.717, 1.165) is 11.1 Å². The first kappa shape index (κ1) is 10.8. The summed E-state index contributed by atoms with van der Waals surface area (Å²) < 4.78 is 0. The summed E-state index contributed by atoms with van der Waals surface area (Å²) in [5.41, 5.74) is 2.28. The van der Waals surface area contributed by atoms with Crippen LogP contribution < -0.4 is 0 Å². The fourth-order valence-corrected chi connectivity index (χ4v) is 1.55. The van der Waals surface area contributed by atoms with Gasteiger partial charge in [-0.15, -0.1) is 0 Å². The van der Waals surface area contributed by atoms with Crippen LogP contribution in [0.3, 0.4) is 0 Å². The zero-order valence-corrected chi connectivity index (χ0v) is 9.09. The Hall–Kier alpha value is -1.31. The smallest absolute Gasteiger partial charge is 0.169 e. The number of hydrogen-bond acceptors (Lipinski definition) is 2. The number of Topliss-reactive ketones (excluding diaryl/α,β-unsaturated/α-hetero) is 1. The number of rotatable bonds is 2. The Bertz CT molecular complexity index is 342. The van der Waals surface area contributed by atoms with Crippen LogP contribution in [0.4, 0.5) is 0 Å². The van der Waals surface area contributed by atoms with Crippen molar-refractivity contribution in [2.24, 2.45) is 5.92 Å². The minimum absolute atomic E-state index is 0.000000000000000666. The van der Waals surface area contributed by atoms with Crippen LogP contribution in [-0.2, 0) is 0 Å². The van der Waals surface area contributed by atoms with Crippen LogP contribution in [0, 0.1) is 19.8 Å². The predicted octanol–water partition coefficient (Wildman–Crippen LogP) is 2.85. The van der Waals surface area contributed by atoms with E-state index in [1.807, 2.05) is 33.8 Å². The maximum absolute atomic E-state index is 11.7. The lowest BCUT2D eigenvalue weighted by Crippen LogP contribution is -2.09. The monoisotopic (exact) mass is 192 g/mol. The molecule has 0 fully saturated rings. The molecule has 0 spiro atoms. The highest BCUT2D eigenvalue weighted by atomic mass is 16.3. The Morgan fingerprint density at radius 2 is 1.86 bits per heavy atom. The van der Waals surface area contributed by atoms with Gasteiger partial charge in [-0.2, -0.15) is 0 Å². The Kier molecular flexibility index (Phi) is 2.94. The molecule has 0 aliphatic carbocycles. The molecular formula is C12H16O2. The van der Waals surface area contributed by atoms with Crippen LogP contribution in [0.5, 0.6) is 5.75 Å². The first-order valence-corrected chi connectivity index (χ1v) is 4.78. The zero-order chi connectivity index (χ0) is 10.9. The molecule has 14 heavy (non-hydrogen) atoms. The summed E-state index contributed by atoms with van der Waals surface area (Å²) in [6.07, 6.45) is 0. The quantitative estimate of drug-likeness (QED) is 0.731. The van der Waals surface area contributed by atoms with Crippen LogP contribution in [0.2, 0.25) is 0 Å². The second kappa shape index (κ2) is 3.82. The molecule has 0 radical (unpaired) electrons. The van der Waals surface area contributed by atoms with Gasteiger partial charge in [-0.3, -0.25) is 4.79 Å². The van der Waals surface area contributed by atoms with Crippen molar-refractivity contribution in [2.75, 3.05) is 0 Å². The summed E-state index contributed by atoms with van der Waals surface area (Å²) in [6, 6.07) is 3.54. The molecule has 0 amide bonds. The van der Waals surface area contributed by atoms with Gasteiger partial charge in [0, 0.05) is 5.92 Å². The fraction of sp³-hybridized carbons (Fsp3) is 0.417. The topological polar surface area (TPSA) is 37.3 Å². The number of benzene rings is 1. The molecule has 0 saturated carbocycles. The molecule has 0 aliphatic rings. The summed E-state index contributed by atoms with van der Waals surface area (Å²) in [6.45, 7) is 7.42. The van der Waals surface area contributed by atoms with Crippen molar-refractivity contribution in [1.29, 1.82) is 0 Å². The molecule has 1 N–H and O–H groups in total. The maximum atomic E-state index is 11.7. The van der Waals surface area contributed by atoms with Crippen LogP contribution in [-0.4, -0.2) is 10.9 Å². The second-order valence-corrected chi connectivity index (χ2v) is 3.99. The Balaban J connectivity index is 3.28. The minimum atomic E-state index is -0.0812. The highest BCUT2D eigenvalue weighted by Gasteiger charge is 2.17. The average Bonchev–Trinajstić information content (AvgIpc) is 2.01. The summed E-state index contributed by atoms with van der Waals surface area (Å²) >= 11 is 0. The lowest BCUT2D eigenvalue weighted by Gasteiger charge is -2.10. The van der Waals surface area contributed by atoms with Gasteiger partial charge in [0.05, 0.1) is 5.56 Å². The third kappa shape index (κ3) is 1.95. The molecule has 0 heterocycles. The van der Waals surface area contributed by atoms with Crippen molar-refractivity contribution in [3.8, 4) is 5.75 Å². The second-order valence-electron chi connectivity index (χ2n) is 3.99. The van der Waals surface area contributed by atoms with Gasteiger partial charge < -0.3 is 5.11 Å². The Labute approximate surface area is 84.6 Å². The summed E-state index contributed by atoms with van der Waals surface area (Å²) in [4.78, 5) is 11.7. The fourth-order valence-electron chi connectivity index (χ4n) is 1.55. The van der Waals surface area contributed by atoms with E-state index in [1.165, 1.54) is 0 Å². The third-order valence-corrected chi connectivity index (χ3v) is 2.23. The van der Waals surface area contributed by atoms with E-state index >= 15 is 0 Å². The standard InChI is InChI=1S/C12H16O2/c1-7(2)12(14)11-9(4)5-8(3)6-10(11)13/h5-7,13H,1-4H3. The van der Waals surface area contributed by atoms with Crippen molar-refractivity contribution in [3.05, 3.63) is 28.8 Å². The highest BCUT2D eigenvalue weighted by Crippen LogP contribution is 2.25. The van der Waals surface area contributed by atoms with E-state index in [4.69, 9.17) is 0 Å². The largest absolute Gasteiger partial charge is 0.507 e.